The lowest BCUT2D eigenvalue weighted by atomic mass is 9.80. The normalized spacial score (nSPS) is 23.3. The van der Waals surface area contributed by atoms with Gasteiger partial charge in [-0.1, -0.05) is 53.0 Å². The molecule has 1 aromatic heterocycles. The highest BCUT2D eigenvalue weighted by Gasteiger charge is 2.47. The number of halogens is 2. The van der Waals surface area contributed by atoms with Gasteiger partial charge in [0.05, 0.1) is 17.2 Å². The molecule has 1 amide bonds. The molecule has 3 saturated carbocycles. The molecule has 0 unspecified atom stereocenters. The molecule has 5 rings (SSSR count). The summed E-state index contributed by atoms with van der Waals surface area (Å²) in [5, 5.41) is 12.1. The van der Waals surface area contributed by atoms with Crippen molar-refractivity contribution in [2.75, 3.05) is 0 Å². The third-order valence-corrected chi connectivity index (χ3v) is 9.52. The Bertz CT molecular complexity index is 1250. The number of carbonyl (C=O) groups excluding carboxylic acids is 1. The van der Waals surface area contributed by atoms with Crippen molar-refractivity contribution in [1.82, 2.24) is 9.88 Å². The minimum atomic E-state index is -3.09. The fraction of sp³-hybridized carbons (Fsp3) is 0.625. The van der Waals surface area contributed by atoms with Gasteiger partial charge >= 0.3 is 5.97 Å². The Kier molecular flexibility index (Phi) is 6.96. The Labute approximate surface area is 230 Å². The van der Waals surface area contributed by atoms with Crippen LogP contribution >= 0.6 is 0 Å². The van der Waals surface area contributed by atoms with Crippen molar-refractivity contribution in [2.45, 2.75) is 115 Å². The fourth-order valence-corrected chi connectivity index (χ4v) is 6.31. The summed E-state index contributed by atoms with van der Waals surface area (Å²) in [4.78, 5) is 24.6. The fourth-order valence-electron chi connectivity index (χ4n) is 6.31. The first-order valence-corrected chi connectivity index (χ1v) is 14.5. The molecule has 1 heterocycles. The number of benzene rings is 1. The second kappa shape index (κ2) is 9.74. The molecule has 0 spiro atoms. The Morgan fingerprint density at radius 3 is 2.26 bits per heavy atom. The Morgan fingerprint density at radius 1 is 1.05 bits per heavy atom. The highest BCUT2D eigenvalue weighted by Crippen LogP contribution is 2.50. The first-order valence-electron chi connectivity index (χ1n) is 14.5. The van der Waals surface area contributed by atoms with E-state index in [2.05, 4.69) is 39.1 Å². The molecule has 2 N–H and O–H groups in total. The van der Waals surface area contributed by atoms with E-state index < -0.39 is 29.6 Å². The number of nitrogens with zero attached hydrogens (tertiary/aromatic N) is 1. The lowest BCUT2D eigenvalue weighted by molar-refractivity contribution is -0.145. The summed E-state index contributed by atoms with van der Waals surface area (Å²) < 4.78 is 34.5. The summed E-state index contributed by atoms with van der Waals surface area (Å²) in [6.07, 6.45) is 7.97. The van der Waals surface area contributed by atoms with Gasteiger partial charge in [-0.3, -0.25) is 9.59 Å². The van der Waals surface area contributed by atoms with Crippen LogP contribution in [0.25, 0.3) is 5.69 Å². The summed E-state index contributed by atoms with van der Waals surface area (Å²) in [6, 6.07) is 6.00. The molecular formula is C32H42F2N2O3. The average Bonchev–Trinajstić information content (AvgIpc) is 3.50. The minimum Gasteiger partial charge on any atom is -0.481 e. The number of hydrogen-bond donors (Lipinski definition) is 2. The largest absolute Gasteiger partial charge is 0.481 e. The predicted molar refractivity (Wildman–Crippen MR) is 148 cm³/mol. The molecule has 39 heavy (non-hydrogen) atoms. The molecule has 3 aliphatic rings. The highest BCUT2D eigenvalue weighted by molar-refractivity contribution is 5.96. The van der Waals surface area contributed by atoms with Gasteiger partial charge in [-0.2, -0.15) is 8.78 Å². The Balaban J connectivity index is 1.60. The van der Waals surface area contributed by atoms with Crippen molar-refractivity contribution in [3.05, 3.63) is 52.3 Å². The number of nitrogens with one attached hydrogen (secondary N) is 1. The maximum Gasteiger partial charge on any atom is 0.306 e. The number of carbonyl (C=O) groups is 2. The molecule has 0 aliphatic heterocycles. The molecule has 1 aromatic carbocycles. The van der Waals surface area contributed by atoms with E-state index in [4.69, 9.17) is 0 Å². The molecule has 0 radical (unpaired) electrons. The molecule has 3 fully saturated rings. The number of amides is 1. The number of alkyl halides is 2. The number of carboxylic acid groups (broad SMARTS) is 1. The topological polar surface area (TPSA) is 71.3 Å². The van der Waals surface area contributed by atoms with E-state index in [1.54, 1.807) is 17.7 Å². The smallest absolute Gasteiger partial charge is 0.306 e. The van der Waals surface area contributed by atoms with E-state index in [0.717, 1.165) is 43.2 Å². The summed E-state index contributed by atoms with van der Waals surface area (Å²) in [5.41, 5.74) is 3.24. The van der Waals surface area contributed by atoms with Crippen LogP contribution < -0.4 is 5.32 Å². The highest BCUT2D eigenvalue weighted by atomic mass is 19.3. The molecule has 0 saturated heterocycles. The second-order valence-electron chi connectivity index (χ2n) is 13.6. The maximum atomic E-state index is 16.5. The third-order valence-electron chi connectivity index (χ3n) is 9.52. The predicted octanol–water partition coefficient (Wildman–Crippen LogP) is 7.40. The van der Waals surface area contributed by atoms with E-state index >= 15 is 8.78 Å². The standard InChI is InChI=1S/C32H42F2N2O3/c1-19-26(28(37)35-24-13-20(14-24)29(38)39)18-36(27(19)32(33,34)21-9-7-6-8-10-21)25-16-22(30(2,3)4)15-23(17-25)31(5)11-12-31/h15-18,20-21,24H,6-14H2,1-5H3,(H,35,37)(H,38,39). The van der Waals surface area contributed by atoms with Crippen LogP contribution in [-0.4, -0.2) is 27.6 Å². The summed E-state index contributed by atoms with van der Waals surface area (Å²) in [6.45, 7) is 10.2. The van der Waals surface area contributed by atoms with Crippen LogP contribution in [0.15, 0.2) is 24.4 Å². The number of aromatic nitrogens is 1. The van der Waals surface area contributed by atoms with Gasteiger partial charge in [-0.25, -0.2) is 0 Å². The van der Waals surface area contributed by atoms with Crippen molar-refractivity contribution >= 4 is 11.9 Å². The van der Waals surface area contributed by atoms with Gasteiger partial charge in [0.1, 0.15) is 0 Å². The first kappa shape index (κ1) is 27.9. The van der Waals surface area contributed by atoms with Crippen molar-refractivity contribution in [1.29, 1.82) is 0 Å². The first-order chi connectivity index (χ1) is 18.2. The van der Waals surface area contributed by atoms with Crippen LogP contribution in [0.4, 0.5) is 8.78 Å². The molecule has 3 aliphatic carbocycles. The van der Waals surface area contributed by atoms with Crippen LogP contribution in [0, 0.1) is 18.8 Å². The van der Waals surface area contributed by atoms with Crippen molar-refractivity contribution in [2.24, 2.45) is 11.8 Å². The molecule has 5 nitrogen and oxygen atoms in total. The van der Waals surface area contributed by atoms with Gasteiger partial charge in [-0.15, -0.1) is 0 Å². The van der Waals surface area contributed by atoms with Gasteiger partial charge in [0.2, 0.25) is 0 Å². The van der Waals surface area contributed by atoms with Crippen molar-refractivity contribution in [3.8, 4) is 5.69 Å². The molecule has 0 atom stereocenters. The minimum absolute atomic E-state index is 0.0510. The van der Waals surface area contributed by atoms with Crippen molar-refractivity contribution in [3.63, 3.8) is 0 Å². The lowest BCUT2D eigenvalue weighted by Gasteiger charge is -2.33. The molecule has 7 heteroatoms. The summed E-state index contributed by atoms with van der Waals surface area (Å²) in [5.74, 6) is -5.59. The van der Waals surface area contributed by atoms with Gasteiger partial charge in [0.15, 0.2) is 0 Å². The van der Waals surface area contributed by atoms with Crippen LogP contribution in [0.5, 0.6) is 0 Å². The third kappa shape index (κ3) is 5.26. The van der Waals surface area contributed by atoms with Gasteiger partial charge in [0.25, 0.3) is 11.8 Å². The van der Waals surface area contributed by atoms with Crippen molar-refractivity contribution < 1.29 is 23.5 Å². The van der Waals surface area contributed by atoms with Crippen LogP contribution in [-0.2, 0) is 21.5 Å². The van der Waals surface area contributed by atoms with Crippen LogP contribution in [0.3, 0.4) is 0 Å². The Hall–Kier alpha value is -2.70. The zero-order valence-corrected chi connectivity index (χ0v) is 23.9. The van der Waals surface area contributed by atoms with E-state index in [1.807, 2.05) is 12.1 Å². The van der Waals surface area contributed by atoms with Gasteiger partial charge in [0, 0.05) is 23.8 Å². The quantitative estimate of drug-likeness (QED) is 0.384. The van der Waals surface area contributed by atoms with Gasteiger partial charge < -0.3 is 15.0 Å². The van der Waals surface area contributed by atoms with E-state index in [-0.39, 0.29) is 28.1 Å². The van der Waals surface area contributed by atoms with E-state index in [1.165, 1.54) is 0 Å². The number of aliphatic carboxylic acids is 1. The number of carboxylic acids is 1. The summed E-state index contributed by atoms with van der Waals surface area (Å²) >= 11 is 0. The molecule has 2 aromatic rings. The van der Waals surface area contributed by atoms with E-state index in [9.17, 15) is 14.7 Å². The molecular weight excluding hydrogens is 498 g/mol. The van der Waals surface area contributed by atoms with Crippen LogP contribution in [0.2, 0.25) is 0 Å². The average molecular weight is 541 g/mol. The maximum absolute atomic E-state index is 16.5. The zero-order chi connectivity index (χ0) is 28.3. The SMILES string of the molecule is Cc1c(C(=O)NC2CC(C(=O)O)C2)cn(-c2cc(C(C)(C)C)cc(C3(C)CC3)c2)c1C(F)(F)C1CCCCC1. The second-order valence-corrected chi connectivity index (χ2v) is 13.6. The summed E-state index contributed by atoms with van der Waals surface area (Å²) in [7, 11) is 0. The molecule has 0 bridgehead atoms. The molecule has 212 valence electrons. The van der Waals surface area contributed by atoms with Gasteiger partial charge in [-0.05, 0) is 85.1 Å². The van der Waals surface area contributed by atoms with E-state index in [0.29, 0.717) is 36.9 Å². The number of rotatable bonds is 7. The lowest BCUT2D eigenvalue weighted by Crippen LogP contribution is -2.46. The zero-order valence-electron chi connectivity index (χ0n) is 23.9. The Morgan fingerprint density at radius 2 is 1.69 bits per heavy atom. The van der Waals surface area contributed by atoms with Crippen LogP contribution in [0.1, 0.15) is 118 Å². The number of hydrogen-bond acceptors (Lipinski definition) is 2. The monoisotopic (exact) mass is 540 g/mol.